The van der Waals surface area contributed by atoms with Crippen molar-refractivity contribution in [1.29, 1.82) is 0 Å². The first-order valence-electron chi connectivity index (χ1n) is 8.39. The molecule has 0 saturated carbocycles. The molecule has 5 heteroatoms. The summed E-state index contributed by atoms with van der Waals surface area (Å²) in [7, 11) is 1.58. The number of nitrogens with one attached hydrogen (secondary N) is 2. The molecule has 0 bridgehead atoms. The van der Waals surface area contributed by atoms with E-state index in [1.54, 1.807) is 7.11 Å². The number of para-hydroxylation sites is 1. The Morgan fingerprint density at radius 2 is 1.80 bits per heavy atom. The van der Waals surface area contributed by atoms with Crippen LogP contribution >= 0.6 is 0 Å². The highest BCUT2D eigenvalue weighted by Crippen LogP contribution is 2.25. The van der Waals surface area contributed by atoms with Crippen LogP contribution in [0, 0.1) is 20.8 Å². The molecule has 0 atom stereocenters. The molecule has 0 radical (unpaired) electrons. The second kappa shape index (κ2) is 8.97. The summed E-state index contributed by atoms with van der Waals surface area (Å²) in [6.45, 7) is 7.12. The quantitative estimate of drug-likeness (QED) is 0.741. The maximum Gasteiger partial charge on any atom is 0.319 e. The lowest BCUT2D eigenvalue weighted by Crippen LogP contribution is -2.30. The Hall–Kier alpha value is -2.69. The van der Waals surface area contributed by atoms with E-state index in [1.807, 2.05) is 57.2 Å². The molecule has 2 aromatic rings. The minimum atomic E-state index is -0.254. The Bertz CT molecular complexity index is 709. The predicted octanol–water partition coefficient (Wildman–Crippen LogP) is 4.21. The summed E-state index contributed by atoms with van der Waals surface area (Å²) in [6.07, 6.45) is 0.728. The van der Waals surface area contributed by atoms with Crippen molar-refractivity contribution in [3.8, 4) is 11.5 Å². The second-order valence-electron chi connectivity index (χ2n) is 6.01. The number of rotatable bonds is 7. The van der Waals surface area contributed by atoms with Crippen molar-refractivity contribution >= 4 is 11.7 Å². The fraction of sp³-hybridized carbons (Fsp3) is 0.350. The van der Waals surface area contributed by atoms with E-state index >= 15 is 0 Å². The molecule has 5 nitrogen and oxygen atoms in total. The van der Waals surface area contributed by atoms with Gasteiger partial charge in [-0.3, -0.25) is 0 Å². The predicted molar refractivity (Wildman–Crippen MR) is 101 cm³/mol. The SMILES string of the molecule is COc1ccc(C)cc1NC(=O)NCCCOc1c(C)cccc1C. The molecule has 0 heterocycles. The molecule has 0 fully saturated rings. The molecule has 0 aliphatic heterocycles. The summed E-state index contributed by atoms with van der Waals surface area (Å²) in [6, 6.07) is 11.5. The zero-order valence-corrected chi connectivity index (χ0v) is 15.3. The maximum absolute atomic E-state index is 12.0. The lowest BCUT2D eigenvalue weighted by molar-refractivity contribution is 0.250. The van der Waals surface area contributed by atoms with Crippen molar-refractivity contribution in [2.75, 3.05) is 25.6 Å². The first-order valence-corrected chi connectivity index (χ1v) is 8.39. The molecule has 0 aromatic heterocycles. The fourth-order valence-corrected chi connectivity index (χ4v) is 2.56. The highest BCUT2D eigenvalue weighted by Gasteiger charge is 2.07. The van der Waals surface area contributed by atoms with E-state index < -0.39 is 0 Å². The van der Waals surface area contributed by atoms with Crippen LogP contribution in [0.3, 0.4) is 0 Å². The van der Waals surface area contributed by atoms with Gasteiger partial charge >= 0.3 is 6.03 Å². The number of carbonyl (C=O) groups excluding carboxylic acids is 1. The van der Waals surface area contributed by atoms with Crippen LogP contribution in [0.4, 0.5) is 10.5 Å². The third-order valence-corrected chi connectivity index (χ3v) is 3.87. The normalized spacial score (nSPS) is 10.2. The van der Waals surface area contributed by atoms with E-state index in [1.165, 1.54) is 0 Å². The van der Waals surface area contributed by atoms with Crippen molar-refractivity contribution in [2.45, 2.75) is 27.2 Å². The van der Waals surface area contributed by atoms with Crippen molar-refractivity contribution in [1.82, 2.24) is 5.32 Å². The number of ether oxygens (including phenoxy) is 2. The van der Waals surface area contributed by atoms with E-state index in [-0.39, 0.29) is 6.03 Å². The van der Waals surface area contributed by atoms with Crippen LogP contribution in [0.1, 0.15) is 23.1 Å². The number of methoxy groups -OCH3 is 1. The Kier molecular flexibility index (Phi) is 6.69. The smallest absolute Gasteiger partial charge is 0.319 e. The molecule has 2 amide bonds. The first-order chi connectivity index (χ1) is 12.0. The van der Waals surface area contributed by atoms with Crippen LogP contribution in [0.5, 0.6) is 11.5 Å². The van der Waals surface area contributed by atoms with E-state index in [0.717, 1.165) is 28.9 Å². The van der Waals surface area contributed by atoms with Crippen LogP contribution in [-0.2, 0) is 0 Å². The van der Waals surface area contributed by atoms with Gasteiger partial charge in [-0.2, -0.15) is 0 Å². The number of urea groups is 1. The highest BCUT2D eigenvalue weighted by molar-refractivity contribution is 5.91. The summed E-state index contributed by atoms with van der Waals surface area (Å²) >= 11 is 0. The Morgan fingerprint density at radius 1 is 1.08 bits per heavy atom. The first kappa shape index (κ1) is 18.6. The molecule has 134 valence electrons. The van der Waals surface area contributed by atoms with Gasteiger partial charge in [0, 0.05) is 6.54 Å². The summed E-state index contributed by atoms with van der Waals surface area (Å²) in [5.74, 6) is 1.57. The summed E-state index contributed by atoms with van der Waals surface area (Å²) < 4.78 is 11.1. The van der Waals surface area contributed by atoms with E-state index in [4.69, 9.17) is 9.47 Å². The highest BCUT2D eigenvalue weighted by atomic mass is 16.5. The summed E-state index contributed by atoms with van der Waals surface area (Å²) in [4.78, 5) is 12.0. The molecule has 25 heavy (non-hydrogen) atoms. The third kappa shape index (κ3) is 5.41. The van der Waals surface area contributed by atoms with Gasteiger partial charge in [0.2, 0.25) is 0 Å². The fourth-order valence-electron chi connectivity index (χ4n) is 2.56. The molecule has 0 aliphatic carbocycles. The van der Waals surface area contributed by atoms with Gasteiger partial charge in [-0.1, -0.05) is 24.3 Å². The van der Waals surface area contributed by atoms with E-state index in [9.17, 15) is 4.79 Å². The van der Waals surface area contributed by atoms with Gasteiger partial charge in [0.25, 0.3) is 0 Å². The average Bonchev–Trinajstić information content (AvgIpc) is 2.57. The molecule has 2 rings (SSSR count). The van der Waals surface area contributed by atoms with Gasteiger partial charge in [-0.05, 0) is 56.0 Å². The second-order valence-corrected chi connectivity index (χ2v) is 6.01. The average molecular weight is 342 g/mol. The molecule has 0 spiro atoms. The topological polar surface area (TPSA) is 59.6 Å². The van der Waals surface area contributed by atoms with Crippen LogP contribution in [0.2, 0.25) is 0 Å². The largest absolute Gasteiger partial charge is 0.495 e. The number of amides is 2. The number of benzene rings is 2. The lowest BCUT2D eigenvalue weighted by Gasteiger charge is -2.13. The Morgan fingerprint density at radius 3 is 2.48 bits per heavy atom. The number of hydrogen-bond acceptors (Lipinski definition) is 3. The molecular formula is C20H26N2O3. The Labute approximate surface area is 149 Å². The molecule has 2 aromatic carbocycles. The lowest BCUT2D eigenvalue weighted by atomic mass is 10.1. The number of aryl methyl sites for hydroxylation is 3. The van der Waals surface area contributed by atoms with Gasteiger partial charge in [0.15, 0.2) is 0 Å². The molecule has 0 aliphatic rings. The molecule has 2 N–H and O–H groups in total. The molecule has 0 unspecified atom stereocenters. The summed E-state index contributed by atoms with van der Waals surface area (Å²) in [5.41, 5.74) is 3.96. The molecule has 0 saturated heterocycles. The third-order valence-electron chi connectivity index (χ3n) is 3.87. The number of anilines is 1. The van der Waals surface area contributed by atoms with Gasteiger partial charge in [-0.25, -0.2) is 4.79 Å². The number of carbonyl (C=O) groups is 1. The standard InChI is InChI=1S/C20H26N2O3/c1-14-9-10-18(24-4)17(13-14)22-20(23)21-11-6-12-25-19-15(2)7-5-8-16(19)3/h5,7-10,13H,6,11-12H2,1-4H3,(H2,21,22,23). The van der Waals surface area contributed by atoms with Gasteiger partial charge in [0.05, 0.1) is 19.4 Å². The van der Waals surface area contributed by atoms with Crippen LogP contribution in [-0.4, -0.2) is 26.3 Å². The minimum absolute atomic E-state index is 0.254. The van der Waals surface area contributed by atoms with Crippen LogP contribution in [0.25, 0.3) is 0 Å². The monoisotopic (exact) mass is 342 g/mol. The van der Waals surface area contributed by atoms with Crippen LogP contribution < -0.4 is 20.1 Å². The summed E-state index contributed by atoms with van der Waals surface area (Å²) in [5, 5.41) is 5.65. The Balaban J connectivity index is 1.75. The maximum atomic E-state index is 12.0. The van der Waals surface area contributed by atoms with Crippen molar-refractivity contribution in [2.24, 2.45) is 0 Å². The van der Waals surface area contributed by atoms with Gasteiger partial charge in [0.1, 0.15) is 11.5 Å². The van der Waals surface area contributed by atoms with E-state index in [2.05, 4.69) is 10.6 Å². The zero-order chi connectivity index (χ0) is 18.2. The van der Waals surface area contributed by atoms with Crippen LogP contribution in [0.15, 0.2) is 36.4 Å². The van der Waals surface area contributed by atoms with Crippen molar-refractivity contribution in [3.63, 3.8) is 0 Å². The van der Waals surface area contributed by atoms with Crippen molar-refractivity contribution < 1.29 is 14.3 Å². The van der Waals surface area contributed by atoms with E-state index in [0.29, 0.717) is 24.6 Å². The van der Waals surface area contributed by atoms with Gasteiger partial charge in [-0.15, -0.1) is 0 Å². The molecular weight excluding hydrogens is 316 g/mol. The van der Waals surface area contributed by atoms with Gasteiger partial charge < -0.3 is 20.1 Å². The van der Waals surface area contributed by atoms with Crippen molar-refractivity contribution in [3.05, 3.63) is 53.1 Å². The minimum Gasteiger partial charge on any atom is -0.495 e. The number of hydrogen-bond donors (Lipinski definition) is 2. The zero-order valence-electron chi connectivity index (χ0n) is 15.3.